The number of allylic oxidation sites excluding steroid dienone is 2. The van der Waals surface area contributed by atoms with E-state index in [0.29, 0.717) is 11.3 Å². The molecule has 146 valence electrons. The molecule has 0 unspecified atom stereocenters. The molecule has 0 atom stereocenters. The van der Waals surface area contributed by atoms with E-state index in [0.717, 1.165) is 31.9 Å². The second kappa shape index (κ2) is 7.66. The largest absolute Gasteiger partial charge is 0.368 e. The maximum atomic E-state index is 12.8. The zero-order valence-electron chi connectivity index (χ0n) is 15.8. The van der Waals surface area contributed by atoms with E-state index in [2.05, 4.69) is 33.2 Å². The molecule has 2 aromatic rings. The molecule has 0 spiro atoms. The molecule has 0 saturated carbocycles. The van der Waals surface area contributed by atoms with Crippen LogP contribution in [0.15, 0.2) is 47.3 Å². The summed E-state index contributed by atoms with van der Waals surface area (Å²) >= 11 is 6.17. The Bertz CT molecular complexity index is 1080. The zero-order valence-corrected chi connectivity index (χ0v) is 16.5. The average molecular weight is 408 g/mol. The number of rotatable bonds is 3. The van der Waals surface area contributed by atoms with Gasteiger partial charge in [0.25, 0.3) is 0 Å². The van der Waals surface area contributed by atoms with Crippen LogP contribution in [0.3, 0.4) is 0 Å². The van der Waals surface area contributed by atoms with E-state index < -0.39 is 11.6 Å². The average Bonchev–Trinajstić information content (AvgIpc) is 2.75. The lowest BCUT2D eigenvalue weighted by Gasteiger charge is -2.34. The number of benzene rings is 1. The van der Waals surface area contributed by atoms with Crippen molar-refractivity contribution in [1.82, 2.24) is 9.88 Å². The van der Waals surface area contributed by atoms with Gasteiger partial charge in [-0.3, -0.25) is 14.6 Å². The molecular formula is C21H18ClN5O2. The Morgan fingerprint density at radius 1 is 1.14 bits per heavy atom. The number of likely N-dealkylation sites (N-methyl/N-ethyl adjacent to an activating group) is 1. The third-order valence-corrected chi connectivity index (χ3v) is 5.50. The first-order chi connectivity index (χ1) is 14.0. The van der Waals surface area contributed by atoms with E-state index in [-0.39, 0.29) is 22.0 Å². The Morgan fingerprint density at radius 3 is 2.62 bits per heavy atom. The maximum absolute atomic E-state index is 12.8. The molecule has 2 heterocycles. The van der Waals surface area contributed by atoms with Crippen LogP contribution in [0.5, 0.6) is 0 Å². The molecule has 1 aliphatic heterocycles. The molecule has 1 aliphatic carbocycles. The number of aromatic nitrogens is 1. The van der Waals surface area contributed by atoms with Gasteiger partial charge in [-0.2, -0.15) is 5.26 Å². The minimum Gasteiger partial charge on any atom is -0.368 e. The van der Waals surface area contributed by atoms with Crippen LogP contribution in [-0.2, 0) is 0 Å². The van der Waals surface area contributed by atoms with Gasteiger partial charge in [-0.1, -0.05) is 11.6 Å². The number of carbonyl (C=O) groups excluding carboxylic acids is 2. The number of carbonyl (C=O) groups is 2. The second-order valence-electron chi connectivity index (χ2n) is 7.01. The van der Waals surface area contributed by atoms with Crippen LogP contribution in [0.1, 0.15) is 26.4 Å². The Kier molecular flexibility index (Phi) is 5.05. The number of nitrogens with one attached hydrogen (secondary N) is 1. The molecule has 1 saturated heterocycles. The third kappa shape index (κ3) is 3.48. The van der Waals surface area contributed by atoms with Crippen LogP contribution in [-0.4, -0.2) is 54.7 Å². The fourth-order valence-electron chi connectivity index (χ4n) is 3.50. The summed E-state index contributed by atoms with van der Waals surface area (Å²) in [4.78, 5) is 33.7. The second-order valence-corrected chi connectivity index (χ2v) is 7.38. The lowest BCUT2D eigenvalue weighted by molar-refractivity contribution is 0.0978. The van der Waals surface area contributed by atoms with Crippen LogP contribution in [0.2, 0.25) is 0 Å². The molecular weight excluding hydrogens is 390 g/mol. The minimum atomic E-state index is -0.501. The predicted molar refractivity (Wildman–Crippen MR) is 110 cm³/mol. The Balaban J connectivity index is 1.63. The number of Topliss-reactive ketones (excluding diaryl/α,β-unsaturated/α-hetero) is 2. The SMILES string of the molecule is CN1CCN(c2ccc(NC3=C(Cl)C(=O)c4ncccc4C3=O)cc2C#N)CC1. The molecule has 2 aliphatic rings. The van der Waals surface area contributed by atoms with Crippen molar-refractivity contribution >= 4 is 34.5 Å². The summed E-state index contributed by atoms with van der Waals surface area (Å²) in [5.41, 5.74) is 2.12. The number of nitriles is 1. The highest BCUT2D eigenvalue weighted by atomic mass is 35.5. The van der Waals surface area contributed by atoms with E-state index >= 15 is 0 Å². The van der Waals surface area contributed by atoms with Crippen LogP contribution in [0.4, 0.5) is 11.4 Å². The first kappa shape index (κ1) is 19.1. The van der Waals surface area contributed by atoms with Gasteiger partial charge >= 0.3 is 0 Å². The monoisotopic (exact) mass is 407 g/mol. The summed E-state index contributed by atoms with van der Waals surface area (Å²) < 4.78 is 0. The molecule has 0 radical (unpaired) electrons. The van der Waals surface area contributed by atoms with E-state index in [9.17, 15) is 14.9 Å². The van der Waals surface area contributed by atoms with Gasteiger partial charge in [-0.05, 0) is 37.4 Å². The molecule has 1 N–H and O–H groups in total. The van der Waals surface area contributed by atoms with Crippen molar-refractivity contribution < 1.29 is 9.59 Å². The fourth-order valence-corrected chi connectivity index (χ4v) is 3.73. The summed E-state index contributed by atoms with van der Waals surface area (Å²) in [5.74, 6) is -0.904. The van der Waals surface area contributed by atoms with Crippen LogP contribution < -0.4 is 10.2 Å². The molecule has 0 bridgehead atoms. The van der Waals surface area contributed by atoms with Crippen molar-refractivity contribution in [2.75, 3.05) is 43.4 Å². The highest BCUT2D eigenvalue weighted by Gasteiger charge is 2.32. The summed E-state index contributed by atoms with van der Waals surface area (Å²) in [6.45, 7) is 3.53. The molecule has 0 amide bonds. The summed E-state index contributed by atoms with van der Waals surface area (Å²) in [7, 11) is 2.07. The molecule has 1 aromatic heterocycles. The Labute approximate surface area is 173 Å². The maximum Gasteiger partial charge on any atom is 0.225 e. The van der Waals surface area contributed by atoms with E-state index in [1.165, 1.54) is 6.20 Å². The number of hydrogen-bond donors (Lipinski definition) is 1. The van der Waals surface area contributed by atoms with Gasteiger partial charge < -0.3 is 15.1 Å². The molecule has 1 fully saturated rings. The summed E-state index contributed by atoms with van der Waals surface area (Å²) in [5, 5.41) is 12.4. The van der Waals surface area contributed by atoms with Gasteiger partial charge in [0, 0.05) is 38.1 Å². The number of pyridine rings is 1. The van der Waals surface area contributed by atoms with E-state index in [1.807, 2.05) is 6.07 Å². The number of anilines is 2. The smallest absolute Gasteiger partial charge is 0.225 e. The van der Waals surface area contributed by atoms with Crippen LogP contribution >= 0.6 is 11.6 Å². The molecule has 8 heteroatoms. The highest BCUT2D eigenvalue weighted by molar-refractivity contribution is 6.50. The molecule has 4 rings (SSSR count). The highest BCUT2D eigenvalue weighted by Crippen LogP contribution is 2.30. The normalized spacial score (nSPS) is 17.2. The lowest BCUT2D eigenvalue weighted by atomic mass is 9.96. The predicted octanol–water partition coefficient (Wildman–Crippen LogP) is 2.65. The first-order valence-electron chi connectivity index (χ1n) is 9.18. The first-order valence-corrected chi connectivity index (χ1v) is 9.56. The Hall–Kier alpha value is -3.21. The van der Waals surface area contributed by atoms with Crippen molar-refractivity contribution in [3.63, 3.8) is 0 Å². The lowest BCUT2D eigenvalue weighted by Crippen LogP contribution is -2.44. The number of nitrogens with zero attached hydrogens (tertiary/aromatic N) is 4. The van der Waals surface area contributed by atoms with E-state index in [1.54, 1.807) is 24.3 Å². The van der Waals surface area contributed by atoms with Gasteiger partial charge in [0.1, 0.15) is 22.5 Å². The van der Waals surface area contributed by atoms with Gasteiger partial charge in [-0.15, -0.1) is 0 Å². The standard InChI is InChI=1S/C21H18ClN5O2/c1-26-7-9-27(10-8-26)16-5-4-14(11-13(16)12-23)25-19-17(22)21(29)18-15(20(19)28)3-2-6-24-18/h2-6,11,25H,7-10H2,1H3. The number of hydrogen-bond acceptors (Lipinski definition) is 7. The summed E-state index contributed by atoms with van der Waals surface area (Å²) in [6, 6.07) is 10.7. The molecule has 7 nitrogen and oxygen atoms in total. The van der Waals surface area contributed by atoms with Gasteiger partial charge in [-0.25, -0.2) is 0 Å². The van der Waals surface area contributed by atoms with Gasteiger partial charge in [0.05, 0.1) is 16.8 Å². The van der Waals surface area contributed by atoms with Crippen LogP contribution in [0, 0.1) is 11.3 Å². The fraction of sp³-hybridized carbons (Fsp3) is 0.238. The van der Waals surface area contributed by atoms with E-state index in [4.69, 9.17) is 11.6 Å². The number of piperazine rings is 1. The molecule has 29 heavy (non-hydrogen) atoms. The van der Waals surface area contributed by atoms with Crippen LogP contribution in [0.25, 0.3) is 0 Å². The molecule has 1 aromatic carbocycles. The quantitative estimate of drug-likeness (QED) is 0.836. The van der Waals surface area contributed by atoms with Crippen molar-refractivity contribution in [1.29, 1.82) is 5.26 Å². The number of fused-ring (bicyclic) bond motifs is 1. The van der Waals surface area contributed by atoms with Crippen molar-refractivity contribution in [2.24, 2.45) is 0 Å². The van der Waals surface area contributed by atoms with Crippen molar-refractivity contribution in [2.45, 2.75) is 0 Å². The van der Waals surface area contributed by atoms with Crippen molar-refractivity contribution in [3.05, 3.63) is 64.1 Å². The number of ketones is 2. The van der Waals surface area contributed by atoms with Gasteiger partial charge in [0.2, 0.25) is 11.6 Å². The number of halogens is 1. The minimum absolute atomic E-state index is 0.00611. The van der Waals surface area contributed by atoms with Gasteiger partial charge in [0.15, 0.2) is 0 Å². The summed E-state index contributed by atoms with van der Waals surface area (Å²) in [6.07, 6.45) is 1.45. The third-order valence-electron chi connectivity index (χ3n) is 5.14. The topological polar surface area (TPSA) is 89.3 Å². The van der Waals surface area contributed by atoms with Crippen molar-refractivity contribution in [3.8, 4) is 6.07 Å². The zero-order chi connectivity index (χ0) is 20.5. The Morgan fingerprint density at radius 2 is 1.90 bits per heavy atom.